The lowest BCUT2D eigenvalue weighted by atomic mass is 10.1. The lowest BCUT2D eigenvalue weighted by molar-refractivity contribution is 0.104. The Morgan fingerprint density at radius 1 is 1.20 bits per heavy atom. The smallest absolute Gasteiger partial charge is 0.205 e. The van der Waals surface area contributed by atoms with Gasteiger partial charge in [-0.25, -0.2) is 0 Å². The third kappa shape index (κ3) is 4.60. The Labute approximate surface area is 175 Å². The topological polar surface area (TPSA) is 110 Å². The second-order valence-corrected chi connectivity index (χ2v) is 6.20. The van der Waals surface area contributed by atoms with Crippen LogP contribution in [-0.2, 0) is 9.47 Å². The predicted octanol–water partition coefficient (Wildman–Crippen LogP) is 3.76. The van der Waals surface area contributed by atoms with Crippen molar-refractivity contribution < 1.29 is 33.6 Å². The molecule has 1 heterocycles. The number of phenolic OH excluding ortho intramolecular Hbond substituents is 1. The summed E-state index contributed by atoms with van der Waals surface area (Å²) in [6.45, 7) is 3.66. The first-order chi connectivity index (χ1) is 14.4. The van der Waals surface area contributed by atoms with Gasteiger partial charge in [0.25, 0.3) is 0 Å². The molecule has 0 spiro atoms. The molecule has 8 heteroatoms. The molecule has 1 aromatic heterocycles. The van der Waals surface area contributed by atoms with Crippen molar-refractivity contribution in [3.63, 3.8) is 0 Å². The summed E-state index contributed by atoms with van der Waals surface area (Å²) < 4.78 is 21.5. The maximum Gasteiger partial charge on any atom is 0.205 e. The quantitative estimate of drug-likeness (QED) is 0.232. The summed E-state index contributed by atoms with van der Waals surface area (Å²) in [7, 11) is 4.48. The van der Waals surface area contributed by atoms with E-state index in [2.05, 4.69) is 5.32 Å². The van der Waals surface area contributed by atoms with Crippen molar-refractivity contribution in [3.05, 3.63) is 53.0 Å². The van der Waals surface area contributed by atoms with Gasteiger partial charge in [0.1, 0.15) is 11.5 Å². The lowest BCUT2D eigenvalue weighted by Crippen LogP contribution is -2.08. The number of rotatable bonds is 10. The van der Waals surface area contributed by atoms with Gasteiger partial charge in [-0.2, -0.15) is 0 Å². The summed E-state index contributed by atoms with van der Waals surface area (Å²) in [6.07, 6.45) is 4.68. The van der Waals surface area contributed by atoms with Gasteiger partial charge < -0.3 is 34.2 Å². The number of phenols is 1. The summed E-state index contributed by atoms with van der Waals surface area (Å²) in [5.74, 6) is 0.860. The van der Waals surface area contributed by atoms with Crippen LogP contribution in [0, 0.1) is 0 Å². The third-order valence-corrected chi connectivity index (χ3v) is 4.49. The molecule has 0 saturated heterocycles. The van der Waals surface area contributed by atoms with Crippen molar-refractivity contribution in [1.82, 2.24) is 0 Å². The first kappa shape index (κ1) is 22.9. The van der Waals surface area contributed by atoms with E-state index < -0.39 is 0 Å². The molecule has 1 aromatic carbocycles. The first-order valence-corrected chi connectivity index (χ1v) is 9.28. The molecule has 0 bridgehead atoms. The molecule has 162 valence electrons. The maximum absolute atomic E-state index is 13.0. The average Bonchev–Trinajstić information content (AvgIpc) is 3.13. The van der Waals surface area contributed by atoms with E-state index in [-0.39, 0.29) is 47.5 Å². The molecular weight excluding hydrogens is 390 g/mol. The second-order valence-electron chi connectivity index (χ2n) is 6.20. The van der Waals surface area contributed by atoms with Gasteiger partial charge in [0.2, 0.25) is 11.6 Å². The maximum atomic E-state index is 13.0. The van der Waals surface area contributed by atoms with Gasteiger partial charge in [-0.3, -0.25) is 4.79 Å². The van der Waals surface area contributed by atoms with Gasteiger partial charge >= 0.3 is 0 Å². The number of carbonyl (C=O) groups excluding carboxylic acids is 1. The Morgan fingerprint density at radius 2 is 1.93 bits per heavy atom. The first-order valence-electron chi connectivity index (χ1n) is 9.28. The highest BCUT2D eigenvalue weighted by Gasteiger charge is 2.23. The van der Waals surface area contributed by atoms with Crippen LogP contribution in [0.2, 0.25) is 0 Å². The number of benzene rings is 1. The molecule has 8 nitrogen and oxygen atoms in total. The number of anilines is 1. The molecule has 0 aliphatic heterocycles. The van der Waals surface area contributed by atoms with Crippen LogP contribution >= 0.6 is 0 Å². The summed E-state index contributed by atoms with van der Waals surface area (Å²) in [5, 5.41) is 22.8. The number of hydrogen-bond acceptors (Lipinski definition) is 8. The predicted molar refractivity (Wildman–Crippen MR) is 114 cm³/mol. The van der Waals surface area contributed by atoms with Gasteiger partial charge in [0.15, 0.2) is 17.1 Å². The Hall–Kier alpha value is -3.39. The lowest BCUT2D eigenvalue weighted by Gasteiger charge is -2.10. The van der Waals surface area contributed by atoms with Gasteiger partial charge in [0, 0.05) is 17.5 Å². The Kier molecular flexibility index (Phi) is 7.94. The normalized spacial score (nSPS) is 12.8. The fraction of sp³-hybridized carbons (Fsp3) is 0.318. The number of methoxy groups -OCH3 is 3. The second kappa shape index (κ2) is 10.4. The number of ether oxygens (including phenoxy) is 3. The molecule has 30 heavy (non-hydrogen) atoms. The van der Waals surface area contributed by atoms with E-state index in [1.165, 1.54) is 26.4 Å². The highest BCUT2D eigenvalue weighted by Crippen LogP contribution is 2.40. The van der Waals surface area contributed by atoms with Crippen LogP contribution in [0.25, 0.3) is 11.0 Å². The summed E-state index contributed by atoms with van der Waals surface area (Å²) in [5.41, 5.74) is 1.06. The van der Waals surface area contributed by atoms with Crippen LogP contribution in [-0.4, -0.2) is 50.5 Å². The van der Waals surface area contributed by atoms with E-state index in [0.717, 1.165) is 5.57 Å². The largest absolute Gasteiger partial charge is 0.502 e. The number of carbonyl (C=O) groups is 1. The van der Waals surface area contributed by atoms with Gasteiger partial charge in [-0.05, 0) is 44.2 Å². The zero-order valence-corrected chi connectivity index (χ0v) is 17.7. The van der Waals surface area contributed by atoms with E-state index in [1.807, 2.05) is 13.8 Å². The number of allylic oxidation sites excluding steroid dienone is 4. The van der Waals surface area contributed by atoms with Gasteiger partial charge in [0.05, 0.1) is 33.5 Å². The minimum Gasteiger partial charge on any atom is -0.502 e. The standard InChI is InChI=1S/C22H27NO7/c1-6-16(27-3)13(2)17(28-4)10-8-15(25)19-14-7-9-18(29-5)20(26)21(14)30-22(19)23-11-12-24/h6-10,23-24,26H,11-12H2,1-5H3/b10-8+,16-6+,17-13+. The number of hydrogen-bond donors (Lipinski definition) is 3. The number of aromatic hydroxyl groups is 1. The summed E-state index contributed by atoms with van der Waals surface area (Å²) >= 11 is 0. The van der Waals surface area contributed by atoms with E-state index in [1.54, 1.807) is 25.3 Å². The van der Waals surface area contributed by atoms with Crippen LogP contribution in [0.15, 0.2) is 51.9 Å². The number of aliphatic hydroxyl groups is 1. The Morgan fingerprint density at radius 3 is 2.50 bits per heavy atom. The fourth-order valence-corrected chi connectivity index (χ4v) is 3.02. The molecule has 3 N–H and O–H groups in total. The molecule has 0 radical (unpaired) electrons. The molecule has 2 aromatic rings. The van der Waals surface area contributed by atoms with E-state index in [0.29, 0.717) is 16.9 Å². The molecule has 0 aliphatic rings. The highest BCUT2D eigenvalue weighted by molar-refractivity contribution is 6.17. The molecule has 0 unspecified atom stereocenters. The third-order valence-electron chi connectivity index (χ3n) is 4.49. The molecular formula is C22H27NO7. The molecule has 0 aliphatic carbocycles. The van der Waals surface area contributed by atoms with Crippen molar-refractivity contribution in [2.24, 2.45) is 0 Å². The van der Waals surface area contributed by atoms with Crippen LogP contribution in [0.5, 0.6) is 11.5 Å². The van der Waals surface area contributed by atoms with Crippen molar-refractivity contribution in [2.45, 2.75) is 13.8 Å². The minimum atomic E-state index is -0.374. The van der Waals surface area contributed by atoms with Gasteiger partial charge in [-0.15, -0.1) is 0 Å². The molecule has 0 fully saturated rings. The molecule has 2 rings (SSSR count). The summed E-state index contributed by atoms with van der Waals surface area (Å²) in [6, 6.07) is 3.18. The minimum absolute atomic E-state index is 0.112. The monoisotopic (exact) mass is 417 g/mol. The number of ketones is 1. The van der Waals surface area contributed by atoms with Crippen LogP contribution < -0.4 is 10.1 Å². The van der Waals surface area contributed by atoms with Crippen molar-refractivity contribution >= 4 is 22.6 Å². The number of aliphatic hydroxyl groups excluding tert-OH is 1. The fourth-order valence-electron chi connectivity index (χ4n) is 3.02. The summed E-state index contributed by atoms with van der Waals surface area (Å²) in [4.78, 5) is 13.0. The zero-order chi connectivity index (χ0) is 22.3. The van der Waals surface area contributed by atoms with Gasteiger partial charge in [-0.1, -0.05) is 0 Å². The molecule has 0 saturated carbocycles. The van der Waals surface area contributed by atoms with E-state index >= 15 is 0 Å². The van der Waals surface area contributed by atoms with Crippen LogP contribution in [0.3, 0.4) is 0 Å². The number of furan rings is 1. The zero-order valence-electron chi connectivity index (χ0n) is 17.7. The number of nitrogens with one attached hydrogen (secondary N) is 1. The van der Waals surface area contributed by atoms with Crippen molar-refractivity contribution in [2.75, 3.05) is 39.8 Å². The Balaban J connectivity index is 2.54. The van der Waals surface area contributed by atoms with E-state index in [4.69, 9.17) is 23.7 Å². The van der Waals surface area contributed by atoms with E-state index in [9.17, 15) is 9.90 Å². The highest BCUT2D eigenvalue weighted by atomic mass is 16.5. The Bertz CT molecular complexity index is 999. The SMILES string of the molecule is C\C=C(OC)/C(C)=C(\C=C\C(=O)c1c(NCCO)oc2c(O)c(OC)ccc12)OC. The van der Waals surface area contributed by atoms with Crippen LogP contribution in [0.4, 0.5) is 5.88 Å². The van der Waals surface area contributed by atoms with Crippen molar-refractivity contribution in [1.29, 1.82) is 0 Å². The van der Waals surface area contributed by atoms with Crippen molar-refractivity contribution in [3.8, 4) is 11.5 Å². The average molecular weight is 417 g/mol. The molecule has 0 amide bonds. The molecule has 0 atom stereocenters. The van der Waals surface area contributed by atoms with Crippen LogP contribution in [0.1, 0.15) is 24.2 Å². The number of fused-ring (bicyclic) bond motifs is 1.